The molecule has 0 aliphatic heterocycles. The van der Waals surface area contributed by atoms with Gasteiger partial charge < -0.3 is 15.3 Å². The second-order valence-electron chi connectivity index (χ2n) is 5.06. The van der Waals surface area contributed by atoms with Crippen LogP contribution in [0.2, 0.25) is 0 Å². The SMILES string of the molecule is CC(=O)Nc1ccc(CC(=O)N(CC(=O)O)C(C)C)cc1. The van der Waals surface area contributed by atoms with Crippen LogP contribution >= 0.6 is 0 Å². The van der Waals surface area contributed by atoms with Crippen LogP contribution < -0.4 is 5.32 Å². The van der Waals surface area contributed by atoms with E-state index in [1.54, 1.807) is 38.1 Å². The number of aliphatic carboxylic acids is 1. The molecule has 2 amide bonds. The smallest absolute Gasteiger partial charge is 0.323 e. The minimum atomic E-state index is -1.03. The third-order valence-corrected chi connectivity index (χ3v) is 2.88. The molecule has 0 radical (unpaired) electrons. The van der Waals surface area contributed by atoms with Crippen molar-refractivity contribution in [1.29, 1.82) is 0 Å². The van der Waals surface area contributed by atoms with Gasteiger partial charge in [0.2, 0.25) is 11.8 Å². The highest BCUT2D eigenvalue weighted by atomic mass is 16.4. The van der Waals surface area contributed by atoms with Crippen molar-refractivity contribution in [2.24, 2.45) is 0 Å². The van der Waals surface area contributed by atoms with Gasteiger partial charge in [-0.25, -0.2) is 0 Å². The molecule has 0 heterocycles. The Hall–Kier alpha value is -2.37. The first-order valence-electron chi connectivity index (χ1n) is 6.67. The van der Waals surface area contributed by atoms with Gasteiger partial charge in [0, 0.05) is 18.7 Å². The van der Waals surface area contributed by atoms with Crippen LogP contribution in [0.25, 0.3) is 0 Å². The number of nitrogens with one attached hydrogen (secondary N) is 1. The summed E-state index contributed by atoms with van der Waals surface area (Å²) < 4.78 is 0. The highest BCUT2D eigenvalue weighted by Gasteiger charge is 2.19. The maximum atomic E-state index is 12.1. The predicted octanol–water partition coefficient (Wildman–Crippen LogP) is 1.51. The van der Waals surface area contributed by atoms with Crippen molar-refractivity contribution >= 4 is 23.5 Å². The Balaban J connectivity index is 2.72. The molecule has 0 unspecified atom stereocenters. The van der Waals surface area contributed by atoms with E-state index in [1.165, 1.54) is 11.8 Å². The maximum Gasteiger partial charge on any atom is 0.323 e. The van der Waals surface area contributed by atoms with Gasteiger partial charge in [-0.15, -0.1) is 0 Å². The van der Waals surface area contributed by atoms with Gasteiger partial charge >= 0.3 is 5.97 Å². The van der Waals surface area contributed by atoms with Crippen LogP contribution in [0, 0.1) is 0 Å². The molecular formula is C15H20N2O4. The summed E-state index contributed by atoms with van der Waals surface area (Å²) in [4.78, 5) is 35.2. The van der Waals surface area contributed by atoms with E-state index in [1.807, 2.05) is 0 Å². The minimum Gasteiger partial charge on any atom is -0.480 e. The van der Waals surface area contributed by atoms with E-state index in [0.29, 0.717) is 5.69 Å². The first-order valence-corrected chi connectivity index (χ1v) is 6.67. The number of rotatable bonds is 6. The molecule has 0 aliphatic rings. The number of carbonyl (C=O) groups is 3. The molecule has 6 nitrogen and oxygen atoms in total. The number of benzene rings is 1. The topological polar surface area (TPSA) is 86.7 Å². The molecule has 1 rings (SSSR count). The largest absolute Gasteiger partial charge is 0.480 e. The molecule has 0 spiro atoms. The standard InChI is InChI=1S/C15H20N2O4/c1-10(2)17(9-15(20)21)14(19)8-12-4-6-13(7-5-12)16-11(3)18/h4-7,10H,8-9H2,1-3H3,(H,16,18)(H,20,21). The van der Waals surface area contributed by atoms with Gasteiger partial charge in [0.25, 0.3) is 0 Å². The van der Waals surface area contributed by atoms with Gasteiger partial charge in [-0.2, -0.15) is 0 Å². The van der Waals surface area contributed by atoms with Crippen LogP contribution in [0.1, 0.15) is 26.3 Å². The van der Waals surface area contributed by atoms with Gasteiger partial charge in [0.15, 0.2) is 0 Å². The van der Waals surface area contributed by atoms with Crippen molar-refractivity contribution in [3.8, 4) is 0 Å². The molecule has 21 heavy (non-hydrogen) atoms. The zero-order valence-corrected chi connectivity index (χ0v) is 12.4. The van der Waals surface area contributed by atoms with Crippen LogP contribution in [0.15, 0.2) is 24.3 Å². The van der Waals surface area contributed by atoms with Gasteiger partial charge in [-0.05, 0) is 31.5 Å². The lowest BCUT2D eigenvalue weighted by molar-refractivity contribution is -0.145. The fraction of sp³-hybridized carbons (Fsp3) is 0.400. The molecule has 2 N–H and O–H groups in total. The van der Waals surface area contributed by atoms with Crippen molar-refractivity contribution in [3.63, 3.8) is 0 Å². The molecule has 1 aromatic rings. The predicted molar refractivity (Wildman–Crippen MR) is 78.9 cm³/mol. The summed E-state index contributed by atoms with van der Waals surface area (Å²) in [5, 5.41) is 11.5. The van der Waals surface area contributed by atoms with Gasteiger partial charge in [-0.1, -0.05) is 12.1 Å². The molecule has 0 saturated heterocycles. The molecule has 0 bridgehead atoms. The van der Waals surface area contributed by atoms with Crippen LogP contribution in [-0.2, 0) is 20.8 Å². The molecule has 6 heteroatoms. The fourth-order valence-electron chi connectivity index (χ4n) is 1.89. The second kappa shape index (κ2) is 7.42. The Morgan fingerprint density at radius 1 is 1.19 bits per heavy atom. The van der Waals surface area contributed by atoms with E-state index in [9.17, 15) is 14.4 Å². The number of anilines is 1. The lowest BCUT2D eigenvalue weighted by atomic mass is 10.1. The molecule has 1 aromatic carbocycles. The molecule has 0 saturated carbocycles. The minimum absolute atomic E-state index is 0.131. The molecular weight excluding hydrogens is 272 g/mol. The van der Waals surface area contributed by atoms with E-state index >= 15 is 0 Å². The van der Waals surface area contributed by atoms with E-state index < -0.39 is 5.97 Å². The van der Waals surface area contributed by atoms with Crippen LogP contribution in [-0.4, -0.2) is 40.4 Å². The molecule has 0 atom stereocenters. The summed E-state index contributed by atoms with van der Waals surface area (Å²) in [6, 6.07) is 6.72. The zero-order valence-electron chi connectivity index (χ0n) is 12.4. The molecule has 0 fully saturated rings. The third-order valence-electron chi connectivity index (χ3n) is 2.88. The monoisotopic (exact) mass is 292 g/mol. The highest BCUT2D eigenvalue weighted by molar-refractivity contribution is 5.88. The number of carboxylic acids is 1. The highest BCUT2D eigenvalue weighted by Crippen LogP contribution is 2.12. The van der Waals surface area contributed by atoms with E-state index in [0.717, 1.165) is 5.56 Å². The normalized spacial score (nSPS) is 10.3. The summed E-state index contributed by atoms with van der Waals surface area (Å²) in [5.41, 5.74) is 1.43. The van der Waals surface area contributed by atoms with Crippen LogP contribution in [0.3, 0.4) is 0 Å². The zero-order chi connectivity index (χ0) is 16.0. The Morgan fingerprint density at radius 3 is 2.19 bits per heavy atom. The number of hydrogen-bond donors (Lipinski definition) is 2. The Kier molecular flexibility index (Phi) is 5.90. The third kappa shape index (κ3) is 5.64. The number of amides is 2. The summed E-state index contributed by atoms with van der Waals surface area (Å²) in [7, 11) is 0. The summed E-state index contributed by atoms with van der Waals surface area (Å²) in [5.74, 6) is -1.43. The lowest BCUT2D eigenvalue weighted by Gasteiger charge is -2.25. The summed E-state index contributed by atoms with van der Waals surface area (Å²) in [6.07, 6.45) is 0.131. The van der Waals surface area contributed by atoms with Crippen molar-refractivity contribution < 1.29 is 19.5 Å². The molecule has 0 aromatic heterocycles. The van der Waals surface area contributed by atoms with Crippen LogP contribution in [0.5, 0.6) is 0 Å². The fourth-order valence-corrected chi connectivity index (χ4v) is 1.89. The quantitative estimate of drug-likeness (QED) is 0.832. The Morgan fingerprint density at radius 2 is 1.76 bits per heavy atom. The van der Waals surface area contributed by atoms with E-state index in [-0.39, 0.29) is 30.8 Å². The summed E-state index contributed by atoms with van der Waals surface area (Å²) in [6.45, 7) is 4.67. The maximum absolute atomic E-state index is 12.1. The van der Waals surface area contributed by atoms with Crippen LogP contribution in [0.4, 0.5) is 5.69 Å². The number of carbonyl (C=O) groups excluding carboxylic acids is 2. The number of nitrogens with zero attached hydrogens (tertiary/aromatic N) is 1. The second-order valence-corrected chi connectivity index (χ2v) is 5.06. The van der Waals surface area contributed by atoms with Crippen molar-refractivity contribution in [2.75, 3.05) is 11.9 Å². The Labute approximate surface area is 123 Å². The first kappa shape index (κ1) is 16.7. The summed E-state index contributed by atoms with van der Waals surface area (Å²) >= 11 is 0. The number of hydrogen-bond acceptors (Lipinski definition) is 3. The van der Waals surface area contributed by atoms with Gasteiger partial charge in [-0.3, -0.25) is 14.4 Å². The molecule has 114 valence electrons. The molecule has 0 aliphatic carbocycles. The van der Waals surface area contributed by atoms with Gasteiger partial charge in [0.05, 0.1) is 6.42 Å². The lowest BCUT2D eigenvalue weighted by Crippen LogP contribution is -2.41. The Bertz CT molecular complexity index is 523. The van der Waals surface area contributed by atoms with E-state index in [2.05, 4.69) is 5.32 Å². The number of carboxylic acid groups (broad SMARTS) is 1. The van der Waals surface area contributed by atoms with E-state index in [4.69, 9.17) is 5.11 Å². The van der Waals surface area contributed by atoms with Crippen molar-refractivity contribution in [3.05, 3.63) is 29.8 Å². The average Bonchev–Trinajstić information content (AvgIpc) is 2.37. The first-order chi connectivity index (χ1) is 9.79. The van der Waals surface area contributed by atoms with Crippen molar-refractivity contribution in [1.82, 2.24) is 4.90 Å². The average molecular weight is 292 g/mol. The van der Waals surface area contributed by atoms with Crippen molar-refractivity contribution in [2.45, 2.75) is 33.2 Å². The van der Waals surface area contributed by atoms with Gasteiger partial charge in [0.1, 0.15) is 6.54 Å².